The topological polar surface area (TPSA) is 121 Å². The standard InChI is InChI=1S/C31H26FN5O4S/c1-17-12-13-34-30-27(17)35-29(36-30)20-7-5-6-19(14-20)22-15-23-25(16-24(22)37(3)42(4,39)40)41-28(26(23)31(38)33-2)18-8-10-21(32)11-9-18/h5-16H,1-4H3,(H,33,38)(H,34,35,36). The number of H-pyrrole nitrogens is 1. The van der Waals surface area contributed by atoms with Crippen LogP contribution in [0.4, 0.5) is 10.1 Å². The van der Waals surface area contributed by atoms with Crippen LogP contribution in [0.25, 0.3) is 56.0 Å². The number of pyridine rings is 1. The van der Waals surface area contributed by atoms with Gasteiger partial charge < -0.3 is 14.7 Å². The molecule has 6 rings (SSSR count). The van der Waals surface area contributed by atoms with E-state index in [2.05, 4.69) is 20.3 Å². The first-order valence-corrected chi connectivity index (χ1v) is 14.8. The molecule has 2 N–H and O–H groups in total. The molecule has 1 amide bonds. The van der Waals surface area contributed by atoms with Gasteiger partial charge in [-0.25, -0.2) is 22.8 Å². The van der Waals surface area contributed by atoms with Crippen LogP contribution in [0, 0.1) is 12.7 Å². The fraction of sp³-hybridized carbons (Fsp3) is 0.129. The van der Waals surface area contributed by atoms with E-state index in [1.54, 1.807) is 18.3 Å². The van der Waals surface area contributed by atoms with Crippen LogP contribution in [-0.2, 0) is 10.0 Å². The number of halogens is 1. The highest BCUT2D eigenvalue weighted by atomic mass is 32.2. The van der Waals surface area contributed by atoms with Crippen molar-refractivity contribution in [2.24, 2.45) is 0 Å². The van der Waals surface area contributed by atoms with Crippen molar-refractivity contribution in [2.45, 2.75) is 6.92 Å². The van der Waals surface area contributed by atoms with Crippen molar-refractivity contribution in [3.63, 3.8) is 0 Å². The zero-order chi connectivity index (χ0) is 29.8. The van der Waals surface area contributed by atoms with E-state index in [4.69, 9.17) is 4.42 Å². The SMILES string of the molecule is CNC(=O)c1c(-c2ccc(F)cc2)oc2cc(N(C)S(C)(=O)=O)c(-c3cccc(-c4nc5nccc(C)c5[nH]4)c3)cc12. The van der Waals surface area contributed by atoms with Gasteiger partial charge in [0.25, 0.3) is 5.91 Å². The third kappa shape index (κ3) is 4.67. The second-order valence-corrected chi connectivity index (χ2v) is 12.0. The Kier molecular flexibility index (Phi) is 6.53. The van der Waals surface area contributed by atoms with Gasteiger partial charge in [0.1, 0.15) is 23.0 Å². The Morgan fingerprint density at radius 1 is 1.02 bits per heavy atom. The number of amides is 1. The van der Waals surface area contributed by atoms with Crippen molar-refractivity contribution in [2.75, 3.05) is 24.7 Å². The van der Waals surface area contributed by atoms with Crippen molar-refractivity contribution < 1.29 is 22.0 Å². The lowest BCUT2D eigenvalue weighted by Gasteiger charge is -2.21. The van der Waals surface area contributed by atoms with Crippen molar-refractivity contribution in [1.29, 1.82) is 0 Å². The molecule has 0 saturated carbocycles. The van der Waals surface area contributed by atoms with Crippen molar-refractivity contribution in [3.8, 4) is 33.8 Å². The molecule has 0 aliphatic heterocycles. The molecule has 0 bridgehead atoms. The fourth-order valence-corrected chi connectivity index (χ4v) is 5.47. The molecule has 0 radical (unpaired) electrons. The smallest absolute Gasteiger partial charge is 0.255 e. The van der Waals surface area contributed by atoms with Crippen molar-refractivity contribution in [3.05, 3.63) is 89.9 Å². The number of furan rings is 1. The van der Waals surface area contributed by atoms with E-state index in [1.807, 2.05) is 37.3 Å². The van der Waals surface area contributed by atoms with E-state index in [0.717, 1.165) is 22.9 Å². The highest BCUT2D eigenvalue weighted by molar-refractivity contribution is 7.92. The molecule has 42 heavy (non-hydrogen) atoms. The predicted molar refractivity (Wildman–Crippen MR) is 161 cm³/mol. The van der Waals surface area contributed by atoms with Gasteiger partial charge in [0, 0.05) is 48.4 Å². The summed E-state index contributed by atoms with van der Waals surface area (Å²) in [6.07, 6.45) is 2.82. The molecular weight excluding hydrogens is 557 g/mol. The normalized spacial score (nSPS) is 11.7. The van der Waals surface area contributed by atoms with Crippen LogP contribution in [0.2, 0.25) is 0 Å². The van der Waals surface area contributed by atoms with E-state index >= 15 is 0 Å². The second kappa shape index (κ2) is 10.1. The zero-order valence-electron chi connectivity index (χ0n) is 23.2. The number of imidazole rings is 1. The third-order valence-corrected chi connectivity index (χ3v) is 8.44. The van der Waals surface area contributed by atoms with Crippen molar-refractivity contribution >= 4 is 43.8 Å². The molecule has 0 spiro atoms. The maximum Gasteiger partial charge on any atom is 0.255 e. The summed E-state index contributed by atoms with van der Waals surface area (Å²) in [6, 6.07) is 18.4. The van der Waals surface area contributed by atoms with Crippen LogP contribution in [-0.4, -0.2) is 49.6 Å². The van der Waals surface area contributed by atoms with E-state index in [1.165, 1.54) is 42.7 Å². The number of hydrogen-bond acceptors (Lipinski definition) is 6. The Morgan fingerprint density at radius 3 is 2.45 bits per heavy atom. The summed E-state index contributed by atoms with van der Waals surface area (Å²) in [6.45, 7) is 1.97. The number of nitrogens with one attached hydrogen (secondary N) is 2. The highest BCUT2D eigenvalue weighted by Gasteiger charge is 2.26. The molecule has 0 unspecified atom stereocenters. The molecule has 212 valence electrons. The number of fused-ring (bicyclic) bond motifs is 2. The lowest BCUT2D eigenvalue weighted by Crippen LogP contribution is -2.25. The first-order valence-electron chi connectivity index (χ1n) is 13.0. The first-order chi connectivity index (χ1) is 20.0. The summed E-state index contributed by atoms with van der Waals surface area (Å²) >= 11 is 0. The third-order valence-electron chi connectivity index (χ3n) is 7.25. The van der Waals surface area contributed by atoms with E-state index in [-0.39, 0.29) is 11.3 Å². The minimum absolute atomic E-state index is 0.244. The van der Waals surface area contributed by atoms with Gasteiger partial charge in [0.15, 0.2) is 5.65 Å². The summed E-state index contributed by atoms with van der Waals surface area (Å²) in [5.74, 6) is 0.0298. The van der Waals surface area contributed by atoms with Crippen LogP contribution in [0.3, 0.4) is 0 Å². The lowest BCUT2D eigenvalue weighted by atomic mass is 9.97. The highest BCUT2D eigenvalue weighted by Crippen LogP contribution is 2.42. The Bertz CT molecular complexity index is 2120. The van der Waals surface area contributed by atoms with Crippen LogP contribution in [0.1, 0.15) is 15.9 Å². The van der Waals surface area contributed by atoms with Crippen LogP contribution in [0.15, 0.2) is 77.3 Å². The number of sulfonamides is 1. The number of anilines is 1. The Hall–Kier alpha value is -5.03. The van der Waals surface area contributed by atoms with Gasteiger partial charge in [-0.2, -0.15) is 0 Å². The monoisotopic (exact) mass is 583 g/mol. The maximum atomic E-state index is 13.7. The van der Waals surface area contributed by atoms with Crippen LogP contribution < -0.4 is 9.62 Å². The van der Waals surface area contributed by atoms with E-state index in [0.29, 0.717) is 44.8 Å². The molecule has 3 aromatic heterocycles. The Balaban J connectivity index is 1.60. The molecule has 9 nitrogen and oxygen atoms in total. The van der Waals surface area contributed by atoms with Gasteiger partial charge >= 0.3 is 0 Å². The number of nitrogens with zero attached hydrogens (tertiary/aromatic N) is 3. The first kappa shape index (κ1) is 27.2. The summed E-state index contributed by atoms with van der Waals surface area (Å²) in [7, 11) is -0.708. The Morgan fingerprint density at radius 2 is 1.76 bits per heavy atom. The number of aryl methyl sites for hydroxylation is 1. The average Bonchev–Trinajstić information content (AvgIpc) is 3.58. The van der Waals surface area contributed by atoms with E-state index in [9.17, 15) is 17.6 Å². The Labute approximate surface area is 241 Å². The summed E-state index contributed by atoms with van der Waals surface area (Å²) < 4.78 is 46.5. The van der Waals surface area contributed by atoms with Gasteiger partial charge in [-0.1, -0.05) is 18.2 Å². The molecule has 0 atom stereocenters. The zero-order valence-corrected chi connectivity index (χ0v) is 24.0. The fourth-order valence-electron chi connectivity index (χ4n) is 4.96. The number of rotatable bonds is 6. The molecule has 11 heteroatoms. The van der Waals surface area contributed by atoms with Gasteiger partial charge in [-0.15, -0.1) is 0 Å². The second-order valence-electron chi connectivity index (χ2n) is 9.98. The molecule has 3 aromatic carbocycles. The van der Waals surface area contributed by atoms with Crippen LogP contribution >= 0.6 is 0 Å². The van der Waals surface area contributed by atoms with Gasteiger partial charge in [-0.05, 0) is 60.5 Å². The summed E-state index contributed by atoms with van der Waals surface area (Å²) in [5, 5.41) is 3.13. The number of aromatic nitrogens is 3. The summed E-state index contributed by atoms with van der Waals surface area (Å²) in [5.41, 5.74) is 5.86. The predicted octanol–water partition coefficient (Wildman–Crippen LogP) is 5.91. The van der Waals surface area contributed by atoms with Gasteiger partial charge in [-0.3, -0.25) is 9.10 Å². The number of aromatic amines is 1. The maximum absolute atomic E-state index is 13.7. The van der Waals surface area contributed by atoms with Gasteiger partial charge in [0.2, 0.25) is 10.0 Å². The molecule has 0 aliphatic carbocycles. The minimum atomic E-state index is -3.68. The van der Waals surface area contributed by atoms with E-state index < -0.39 is 21.7 Å². The largest absolute Gasteiger partial charge is 0.455 e. The molecule has 0 fully saturated rings. The quantitative estimate of drug-likeness (QED) is 0.252. The number of carbonyl (C=O) groups is 1. The average molecular weight is 584 g/mol. The van der Waals surface area contributed by atoms with Crippen molar-refractivity contribution in [1.82, 2.24) is 20.3 Å². The minimum Gasteiger partial charge on any atom is -0.455 e. The molecule has 0 saturated heterocycles. The molecular formula is C31H26FN5O4S. The molecule has 0 aliphatic rings. The number of hydrogen-bond donors (Lipinski definition) is 2. The van der Waals surface area contributed by atoms with Gasteiger partial charge in [0.05, 0.1) is 23.0 Å². The molecule has 6 aromatic rings. The summed E-state index contributed by atoms with van der Waals surface area (Å²) in [4.78, 5) is 25.5. The number of benzene rings is 3. The van der Waals surface area contributed by atoms with Crippen LogP contribution in [0.5, 0.6) is 0 Å². The lowest BCUT2D eigenvalue weighted by molar-refractivity contribution is 0.0964. The number of carbonyl (C=O) groups excluding carboxylic acids is 1. The molecule has 3 heterocycles.